The van der Waals surface area contributed by atoms with Gasteiger partial charge < -0.3 is 46.8 Å². The number of primary amides is 1. The number of nitrogens with zero attached hydrogens (tertiary/aromatic N) is 5. The first-order chi connectivity index (χ1) is 35.7. The number of nitrogens with two attached hydrogens (primary N) is 1. The van der Waals surface area contributed by atoms with Crippen LogP contribution in [0.25, 0.3) is 22.5 Å². The third-order valence-corrected chi connectivity index (χ3v) is 12.9. The standard InChI is InChI=1S/C28H31N3O4.C28H29N3O3.CH2O3.2K.H2O2.H/c1-19(20-9-11-21(12-10-20)24-14-13-22(17-30-24)25(29)32)31-16-15-28(35-26(31)33,18-27(2,3)34)23-7-5-4-6-8-23;1-20(22-10-12-23(13-11-22)25-14-9-21(17-29)18-30-25)31-16-15-28(34-26(31)32,19-27(2,3)33)24-7-5-4-6-8-24;2-1-4-3;;;1-2;/h4-14,17,19,34H,15-16,18H2,1-3H3,(H2,29,32);4-14,18,20,33H,15-16,19H2,1-3H3;1,3H;;;1-2H;/q;;;2*+1;;-1/p-1/t19-,28-;20-,28-;;;;;/m00...../s1. The topological polar surface area (TPSA) is 282 Å². The van der Waals surface area contributed by atoms with Crippen molar-refractivity contribution >= 4 is 24.6 Å². The van der Waals surface area contributed by atoms with E-state index < -0.39 is 34.4 Å². The molecule has 0 spiro atoms. The summed E-state index contributed by atoms with van der Waals surface area (Å²) in [6, 6.07) is 43.7. The summed E-state index contributed by atoms with van der Waals surface area (Å²) in [5.74, 6) is -0.513. The zero-order valence-corrected chi connectivity index (χ0v) is 50.9. The number of nitriles is 1. The molecule has 77 heavy (non-hydrogen) atoms. The molecule has 18 nitrogen and oxygen atoms in total. The fourth-order valence-electron chi connectivity index (χ4n) is 9.35. The van der Waals surface area contributed by atoms with Gasteiger partial charge >= 0.3 is 115 Å². The fourth-order valence-corrected chi connectivity index (χ4v) is 9.35. The smallest absolute Gasteiger partial charge is 1.00 e. The maximum Gasteiger partial charge on any atom is 1.00 e. The van der Waals surface area contributed by atoms with Crippen LogP contribution in [0, 0.1) is 11.3 Å². The van der Waals surface area contributed by atoms with Crippen molar-refractivity contribution in [1.29, 1.82) is 5.26 Å². The molecule has 2 aliphatic rings. The number of cyclic esters (lactones) is 2. The van der Waals surface area contributed by atoms with Gasteiger partial charge in [0.2, 0.25) is 5.91 Å². The summed E-state index contributed by atoms with van der Waals surface area (Å²) in [7, 11) is 0. The molecule has 0 saturated carbocycles. The Hall–Kier alpha value is -4.78. The molecule has 2 saturated heterocycles. The van der Waals surface area contributed by atoms with Crippen molar-refractivity contribution in [1.82, 2.24) is 19.8 Å². The first-order valence-corrected chi connectivity index (χ1v) is 24.0. The third kappa shape index (κ3) is 18.4. The van der Waals surface area contributed by atoms with E-state index in [9.17, 15) is 24.6 Å². The summed E-state index contributed by atoms with van der Waals surface area (Å²) in [5, 5.41) is 50.5. The molecular formula is C57H64K2N6O12. The number of carbonyl (C=O) groups excluding carboxylic acids is 4. The van der Waals surface area contributed by atoms with Crippen molar-refractivity contribution in [2.75, 3.05) is 13.1 Å². The molecule has 4 atom stereocenters. The van der Waals surface area contributed by atoms with Crippen LogP contribution in [0.15, 0.2) is 146 Å². The maximum atomic E-state index is 13.2. The Morgan fingerprint density at radius 3 is 1.38 bits per heavy atom. The van der Waals surface area contributed by atoms with Crippen LogP contribution >= 0.6 is 0 Å². The van der Waals surface area contributed by atoms with Crippen LogP contribution in [0.4, 0.5) is 9.59 Å². The van der Waals surface area contributed by atoms with Gasteiger partial charge in [-0.25, -0.2) is 9.59 Å². The van der Waals surface area contributed by atoms with Gasteiger partial charge in [-0.2, -0.15) is 5.26 Å². The summed E-state index contributed by atoms with van der Waals surface area (Å²) in [6.07, 6.45) is 4.04. The van der Waals surface area contributed by atoms with Crippen LogP contribution < -0.4 is 114 Å². The van der Waals surface area contributed by atoms with Crippen LogP contribution in [0.2, 0.25) is 0 Å². The predicted octanol–water partition coefficient (Wildman–Crippen LogP) is 2.96. The second-order valence-corrected chi connectivity index (χ2v) is 19.5. The van der Waals surface area contributed by atoms with Gasteiger partial charge in [-0.05, 0) is 88.1 Å². The molecule has 396 valence electrons. The van der Waals surface area contributed by atoms with E-state index in [1.54, 1.807) is 61.9 Å². The Bertz CT molecular complexity index is 2860. The second-order valence-electron chi connectivity index (χ2n) is 19.5. The molecule has 0 bridgehead atoms. The molecular weight excluding hydrogens is 1040 g/mol. The molecule has 6 aromatic rings. The molecule has 3 amide bonds. The summed E-state index contributed by atoms with van der Waals surface area (Å²) >= 11 is 0. The Kier molecular flexibility index (Phi) is 26.4. The van der Waals surface area contributed by atoms with Crippen molar-refractivity contribution in [2.45, 2.75) is 102 Å². The molecule has 0 aliphatic carbocycles. The largest absolute Gasteiger partial charge is 1.00 e. The minimum absolute atomic E-state index is 0. The molecule has 4 heterocycles. The van der Waals surface area contributed by atoms with Gasteiger partial charge in [-0.15, -0.1) is 0 Å². The van der Waals surface area contributed by atoms with Crippen molar-refractivity contribution in [2.24, 2.45) is 5.73 Å². The molecule has 2 aliphatic heterocycles. The van der Waals surface area contributed by atoms with E-state index in [0.29, 0.717) is 49.9 Å². The average molecular weight is 1100 g/mol. The minimum Gasteiger partial charge on any atom is -1.00 e. The van der Waals surface area contributed by atoms with Crippen LogP contribution in [-0.2, 0) is 30.4 Å². The summed E-state index contributed by atoms with van der Waals surface area (Å²) in [6.45, 7) is 11.8. The van der Waals surface area contributed by atoms with Gasteiger partial charge in [-0.1, -0.05) is 109 Å². The molecule has 6 N–H and O–H groups in total. The molecule has 20 heteroatoms. The Morgan fingerprint density at radius 1 is 0.714 bits per heavy atom. The normalized spacial score (nSPS) is 17.6. The fraction of sp³-hybridized carbons (Fsp3) is 0.316. The van der Waals surface area contributed by atoms with Gasteiger partial charge in [0.1, 0.15) is 17.3 Å². The monoisotopic (exact) mass is 1100 g/mol. The molecule has 2 fully saturated rings. The van der Waals surface area contributed by atoms with Crippen molar-refractivity contribution in [3.05, 3.63) is 179 Å². The van der Waals surface area contributed by atoms with E-state index in [-0.39, 0.29) is 129 Å². The van der Waals surface area contributed by atoms with Crippen molar-refractivity contribution < 1.29 is 164 Å². The summed E-state index contributed by atoms with van der Waals surface area (Å²) in [4.78, 5) is 61.1. The number of amides is 3. The zero-order valence-electron chi connectivity index (χ0n) is 45.7. The van der Waals surface area contributed by atoms with E-state index in [1.807, 2.05) is 129 Å². The Balaban J connectivity index is 0.000000468. The summed E-state index contributed by atoms with van der Waals surface area (Å²) < 4.78 is 12.2. The van der Waals surface area contributed by atoms with Crippen LogP contribution in [0.3, 0.4) is 0 Å². The third-order valence-electron chi connectivity index (χ3n) is 12.9. The van der Waals surface area contributed by atoms with E-state index in [0.717, 1.165) is 44.8 Å². The second kappa shape index (κ2) is 30.5. The van der Waals surface area contributed by atoms with Gasteiger partial charge in [-0.3, -0.25) is 30.1 Å². The number of ether oxygens (including phenoxy) is 2. The number of benzene rings is 4. The minimum atomic E-state index is -0.997. The van der Waals surface area contributed by atoms with E-state index in [2.05, 4.69) is 20.9 Å². The molecule has 2 aromatic heterocycles. The van der Waals surface area contributed by atoms with Gasteiger partial charge in [0.15, 0.2) is 0 Å². The predicted molar refractivity (Wildman–Crippen MR) is 277 cm³/mol. The number of hydrogen-bond acceptors (Lipinski definition) is 15. The first-order valence-electron chi connectivity index (χ1n) is 24.0. The zero-order chi connectivity index (χ0) is 55.0. The Morgan fingerprint density at radius 2 is 1.09 bits per heavy atom. The maximum absolute atomic E-state index is 13.2. The van der Waals surface area contributed by atoms with E-state index in [1.165, 1.54) is 6.20 Å². The van der Waals surface area contributed by atoms with Gasteiger partial charge in [0, 0.05) is 62.3 Å². The SMILES string of the molecule is C[C@@H](c1ccc(-c2ccc(C#N)cn2)cc1)N1CC[C@](CC(C)(C)O)(c2ccccc2)OC1=O.C[C@@H](c1ccc(-c2ccc(C(N)=O)cn2)cc1)N1CC[C@](CC(C)(C)O)(c2ccccc2)OC1=O.O=CO[O-].OO.[H-].[K+].[K+]. The number of carbonyl (C=O) groups is 4. The number of aromatic nitrogens is 2. The molecule has 0 radical (unpaired) electrons. The van der Waals surface area contributed by atoms with Gasteiger partial charge in [0.05, 0.1) is 45.8 Å². The number of aliphatic hydroxyl groups is 2. The number of rotatable bonds is 14. The average Bonchev–Trinajstić information content (AvgIpc) is 3.41. The Labute approximate surface area is 535 Å². The summed E-state index contributed by atoms with van der Waals surface area (Å²) in [5.41, 5.74) is 9.54. The quantitative estimate of drug-likeness (QED) is 0.0454. The van der Waals surface area contributed by atoms with E-state index >= 15 is 0 Å². The van der Waals surface area contributed by atoms with Gasteiger partial charge in [0.25, 0.3) is 6.47 Å². The van der Waals surface area contributed by atoms with Crippen LogP contribution in [-0.4, -0.2) is 89.4 Å². The van der Waals surface area contributed by atoms with Crippen LogP contribution in [0.5, 0.6) is 0 Å². The van der Waals surface area contributed by atoms with Crippen LogP contribution in [0.1, 0.15) is 119 Å². The van der Waals surface area contributed by atoms with Crippen molar-refractivity contribution in [3.63, 3.8) is 0 Å². The number of pyridine rings is 2. The first kappa shape index (κ1) is 66.5. The molecule has 4 aromatic carbocycles. The molecule has 8 rings (SSSR count). The number of hydrogen-bond donors (Lipinski definition) is 5. The molecule has 0 unspecified atom stereocenters. The van der Waals surface area contributed by atoms with E-state index in [4.69, 9.17) is 41.0 Å². The van der Waals surface area contributed by atoms with Crippen molar-refractivity contribution in [3.8, 4) is 28.6 Å².